The molecule has 7 aromatic carbocycles. The van der Waals surface area contributed by atoms with Gasteiger partial charge in [-0.3, -0.25) is 0 Å². The summed E-state index contributed by atoms with van der Waals surface area (Å²) in [6.07, 6.45) is 0. The van der Waals surface area contributed by atoms with Crippen LogP contribution in [0.4, 0.5) is 0 Å². The van der Waals surface area contributed by atoms with Crippen molar-refractivity contribution in [3.05, 3.63) is 158 Å². The van der Waals surface area contributed by atoms with Crippen LogP contribution in [-0.2, 0) is 0 Å². The SMILES string of the molecule is c1ccc(-c2ccc(-c3nc4cc5c(cc4s3)oc3cccc(-c4nc(-c6ccccc6)nc(-c6cccc7oc8ccccc8c67)n4)c35)cc2)cc1. The number of para-hydroxylation sites is 1. The number of furan rings is 2. The molecule has 0 atom stereocenters. The van der Waals surface area contributed by atoms with Crippen LogP contribution < -0.4 is 0 Å². The summed E-state index contributed by atoms with van der Waals surface area (Å²) in [6.45, 7) is 0. The number of nitrogens with zero attached hydrogens (tertiary/aromatic N) is 4. The Hall–Kier alpha value is -6.96. The fraction of sp³-hybridized carbons (Fsp3) is 0. The Morgan fingerprint density at radius 1 is 0.377 bits per heavy atom. The van der Waals surface area contributed by atoms with Crippen molar-refractivity contribution in [2.24, 2.45) is 0 Å². The molecule has 0 aliphatic carbocycles. The molecule has 0 aliphatic rings. The Balaban J connectivity index is 1.08. The summed E-state index contributed by atoms with van der Waals surface area (Å²) in [5.74, 6) is 1.72. The molecule has 0 spiro atoms. The first-order chi connectivity index (χ1) is 26.2. The van der Waals surface area contributed by atoms with E-state index in [-0.39, 0.29) is 0 Å². The molecule has 0 amide bonds. The van der Waals surface area contributed by atoms with Crippen LogP contribution in [0.1, 0.15) is 0 Å². The van der Waals surface area contributed by atoms with Crippen molar-refractivity contribution in [3.63, 3.8) is 0 Å². The van der Waals surface area contributed by atoms with Gasteiger partial charge >= 0.3 is 0 Å². The lowest BCUT2D eigenvalue weighted by Gasteiger charge is -2.10. The highest BCUT2D eigenvalue weighted by Gasteiger charge is 2.21. The van der Waals surface area contributed by atoms with Crippen LogP contribution in [0.25, 0.3) is 110 Å². The molecule has 0 aliphatic heterocycles. The van der Waals surface area contributed by atoms with Crippen molar-refractivity contribution in [2.75, 3.05) is 0 Å². The first-order valence-corrected chi connectivity index (χ1v) is 18.2. The fourth-order valence-electron chi connectivity index (χ4n) is 7.29. The van der Waals surface area contributed by atoms with E-state index < -0.39 is 0 Å². The lowest BCUT2D eigenvalue weighted by molar-refractivity contribution is 0.669. The summed E-state index contributed by atoms with van der Waals surface area (Å²) in [6, 6.07) is 53.5. The van der Waals surface area contributed by atoms with Gasteiger partial charge in [0, 0.05) is 49.9 Å². The standard InChI is InChI=1S/C46H26N4O2S/c1-3-11-27(12-4-1)28-21-23-30(24-22-28)46-47-35-25-34-39(26-40(35)53-46)52-38-20-10-17-33(42(34)38)45-49-43(29-13-5-2-6-14-29)48-44(50-45)32-16-9-19-37-41(32)31-15-7-8-18-36(31)51-37/h1-26H. The summed E-state index contributed by atoms with van der Waals surface area (Å²) in [5, 5.41) is 4.86. The summed E-state index contributed by atoms with van der Waals surface area (Å²) in [5.41, 5.74) is 10.2. The molecule has 0 bridgehead atoms. The molecule has 0 radical (unpaired) electrons. The van der Waals surface area contributed by atoms with Crippen LogP contribution in [-0.4, -0.2) is 19.9 Å². The second-order valence-electron chi connectivity index (χ2n) is 13.0. The number of aromatic nitrogens is 4. The molecular weight excluding hydrogens is 673 g/mol. The summed E-state index contributed by atoms with van der Waals surface area (Å²) in [7, 11) is 0. The molecule has 11 rings (SSSR count). The van der Waals surface area contributed by atoms with E-state index in [1.54, 1.807) is 11.3 Å². The molecule has 7 heteroatoms. The second kappa shape index (κ2) is 11.8. The maximum absolute atomic E-state index is 6.52. The third-order valence-corrected chi connectivity index (χ3v) is 10.9. The molecule has 0 N–H and O–H groups in total. The highest BCUT2D eigenvalue weighted by Crippen LogP contribution is 2.41. The number of hydrogen-bond donors (Lipinski definition) is 0. The van der Waals surface area contributed by atoms with Gasteiger partial charge in [0.05, 0.1) is 10.2 Å². The molecule has 0 saturated carbocycles. The highest BCUT2D eigenvalue weighted by molar-refractivity contribution is 7.21. The van der Waals surface area contributed by atoms with Gasteiger partial charge in [-0.15, -0.1) is 11.3 Å². The van der Waals surface area contributed by atoms with Gasteiger partial charge < -0.3 is 8.83 Å². The van der Waals surface area contributed by atoms with E-state index in [4.69, 9.17) is 28.8 Å². The maximum atomic E-state index is 6.52. The largest absolute Gasteiger partial charge is 0.456 e. The zero-order valence-corrected chi connectivity index (χ0v) is 28.8. The van der Waals surface area contributed by atoms with Gasteiger partial charge in [-0.05, 0) is 35.4 Å². The fourth-order valence-corrected chi connectivity index (χ4v) is 8.27. The van der Waals surface area contributed by atoms with Gasteiger partial charge in [0.25, 0.3) is 0 Å². The number of thiazole rings is 1. The maximum Gasteiger partial charge on any atom is 0.164 e. The Bertz CT molecular complexity index is 3160. The van der Waals surface area contributed by atoms with Gasteiger partial charge in [-0.1, -0.05) is 127 Å². The third kappa shape index (κ3) is 4.93. The van der Waals surface area contributed by atoms with E-state index in [0.29, 0.717) is 17.5 Å². The van der Waals surface area contributed by atoms with Crippen molar-refractivity contribution in [1.29, 1.82) is 0 Å². The molecule has 0 unspecified atom stereocenters. The Kier molecular flexibility index (Phi) is 6.62. The predicted octanol–water partition coefficient (Wildman–Crippen LogP) is 12.6. The monoisotopic (exact) mass is 698 g/mol. The molecule has 4 aromatic heterocycles. The van der Waals surface area contributed by atoms with E-state index >= 15 is 0 Å². The molecule has 0 saturated heterocycles. The molecule has 6 nitrogen and oxygen atoms in total. The van der Waals surface area contributed by atoms with E-state index in [2.05, 4.69) is 78.9 Å². The lowest BCUT2D eigenvalue weighted by atomic mass is 10.0. The van der Waals surface area contributed by atoms with Gasteiger partial charge in [-0.25, -0.2) is 19.9 Å². The minimum absolute atomic E-state index is 0.560. The normalized spacial score (nSPS) is 11.8. The van der Waals surface area contributed by atoms with Gasteiger partial charge in [0.2, 0.25) is 0 Å². The summed E-state index contributed by atoms with van der Waals surface area (Å²) < 4.78 is 13.8. The summed E-state index contributed by atoms with van der Waals surface area (Å²) in [4.78, 5) is 20.5. The Morgan fingerprint density at radius 3 is 1.64 bits per heavy atom. The number of rotatable bonds is 5. The van der Waals surface area contributed by atoms with Crippen LogP contribution >= 0.6 is 11.3 Å². The van der Waals surface area contributed by atoms with Gasteiger partial charge in [-0.2, -0.15) is 0 Å². The first-order valence-electron chi connectivity index (χ1n) is 17.4. The highest BCUT2D eigenvalue weighted by atomic mass is 32.1. The molecular formula is C46H26N4O2S. The number of fused-ring (bicyclic) bond motifs is 7. The first kappa shape index (κ1) is 29.7. The van der Waals surface area contributed by atoms with Crippen molar-refractivity contribution >= 4 is 65.4 Å². The predicted molar refractivity (Wildman–Crippen MR) is 215 cm³/mol. The average molecular weight is 699 g/mol. The Morgan fingerprint density at radius 2 is 0.925 bits per heavy atom. The van der Waals surface area contributed by atoms with Crippen molar-refractivity contribution in [3.8, 4) is 55.9 Å². The van der Waals surface area contributed by atoms with E-state index in [0.717, 1.165) is 81.4 Å². The van der Waals surface area contributed by atoms with Crippen LogP contribution in [0.5, 0.6) is 0 Å². The van der Waals surface area contributed by atoms with E-state index in [9.17, 15) is 0 Å². The topological polar surface area (TPSA) is 77.8 Å². The van der Waals surface area contributed by atoms with E-state index in [1.165, 1.54) is 11.1 Å². The summed E-state index contributed by atoms with van der Waals surface area (Å²) >= 11 is 1.67. The number of hydrogen-bond acceptors (Lipinski definition) is 7. The smallest absolute Gasteiger partial charge is 0.164 e. The quantitative estimate of drug-likeness (QED) is 0.178. The molecule has 11 aromatic rings. The zero-order chi connectivity index (χ0) is 34.9. The average Bonchev–Trinajstić information content (AvgIpc) is 3.93. The zero-order valence-electron chi connectivity index (χ0n) is 28.0. The van der Waals surface area contributed by atoms with Crippen LogP contribution in [0, 0.1) is 0 Å². The van der Waals surface area contributed by atoms with Gasteiger partial charge in [0.15, 0.2) is 17.5 Å². The second-order valence-corrected chi connectivity index (χ2v) is 14.0. The lowest BCUT2D eigenvalue weighted by Crippen LogP contribution is -2.00. The number of benzene rings is 7. The van der Waals surface area contributed by atoms with Crippen molar-refractivity contribution in [2.45, 2.75) is 0 Å². The van der Waals surface area contributed by atoms with Crippen LogP contribution in [0.3, 0.4) is 0 Å². The van der Waals surface area contributed by atoms with Gasteiger partial charge in [0.1, 0.15) is 27.3 Å². The molecule has 53 heavy (non-hydrogen) atoms. The van der Waals surface area contributed by atoms with Crippen molar-refractivity contribution in [1.82, 2.24) is 19.9 Å². The van der Waals surface area contributed by atoms with E-state index in [1.807, 2.05) is 78.9 Å². The van der Waals surface area contributed by atoms with Crippen molar-refractivity contribution < 1.29 is 8.83 Å². The molecule has 248 valence electrons. The molecule has 0 fully saturated rings. The Labute approximate surface area is 306 Å². The molecule has 4 heterocycles. The third-order valence-electron chi connectivity index (χ3n) is 9.80. The van der Waals surface area contributed by atoms with Crippen LogP contribution in [0.15, 0.2) is 167 Å². The minimum Gasteiger partial charge on any atom is -0.456 e. The van der Waals surface area contributed by atoms with Crippen LogP contribution in [0.2, 0.25) is 0 Å². The minimum atomic E-state index is 0.560.